The summed E-state index contributed by atoms with van der Waals surface area (Å²) in [6.07, 6.45) is 0.277. The van der Waals surface area contributed by atoms with Gasteiger partial charge in [-0.05, 0) is 57.2 Å². The predicted octanol–water partition coefficient (Wildman–Crippen LogP) is 3.86. The molecule has 1 aliphatic rings. The minimum atomic E-state index is -0.409. The molecule has 6 heteroatoms. The lowest BCUT2D eigenvalue weighted by atomic mass is 10.1. The van der Waals surface area contributed by atoms with Crippen molar-refractivity contribution in [2.24, 2.45) is 5.92 Å². The van der Waals surface area contributed by atoms with E-state index in [-0.39, 0.29) is 24.3 Å². The van der Waals surface area contributed by atoms with Crippen molar-refractivity contribution in [3.8, 4) is 11.5 Å². The molecular formula is C22H26N2O4. The van der Waals surface area contributed by atoms with Gasteiger partial charge in [0.15, 0.2) is 0 Å². The van der Waals surface area contributed by atoms with Gasteiger partial charge in [0.2, 0.25) is 11.8 Å². The molecule has 28 heavy (non-hydrogen) atoms. The summed E-state index contributed by atoms with van der Waals surface area (Å²) in [5.74, 6) is 0.736. The Balaban J connectivity index is 1.66. The molecule has 1 saturated heterocycles. The highest BCUT2D eigenvalue weighted by molar-refractivity contribution is 6.03. The Hall–Kier alpha value is -3.02. The minimum absolute atomic E-state index is 0.0595. The lowest BCUT2D eigenvalue weighted by molar-refractivity contribution is -0.122. The van der Waals surface area contributed by atoms with Crippen molar-refractivity contribution >= 4 is 23.2 Å². The van der Waals surface area contributed by atoms with Gasteiger partial charge in [0, 0.05) is 18.7 Å². The minimum Gasteiger partial charge on any atom is -0.492 e. The molecule has 2 aromatic rings. The molecule has 1 heterocycles. The number of benzene rings is 2. The van der Waals surface area contributed by atoms with E-state index >= 15 is 0 Å². The van der Waals surface area contributed by atoms with Crippen LogP contribution in [0.25, 0.3) is 0 Å². The molecule has 0 bridgehead atoms. The van der Waals surface area contributed by atoms with E-state index in [0.29, 0.717) is 24.6 Å². The Morgan fingerprint density at radius 3 is 2.57 bits per heavy atom. The van der Waals surface area contributed by atoms with E-state index in [1.165, 1.54) is 0 Å². The highest BCUT2D eigenvalue weighted by Crippen LogP contribution is 2.29. The molecule has 0 saturated carbocycles. The Morgan fingerprint density at radius 2 is 1.89 bits per heavy atom. The molecule has 0 aromatic heterocycles. The van der Waals surface area contributed by atoms with Crippen LogP contribution in [0.1, 0.15) is 27.2 Å². The van der Waals surface area contributed by atoms with Crippen LogP contribution in [-0.4, -0.2) is 31.1 Å². The van der Waals surface area contributed by atoms with Gasteiger partial charge in [-0.15, -0.1) is 0 Å². The van der Waals surface area contributed by atoms with Crippen LogP contribution >= 0.6 is 0 Å². The van der Waals surface area contributed by atoms with Crippen molar-refractivity contribution in [2.75, 3.05) is 23.4 Å². The lowest BCUT2D eigenvalue weighted by Gasteiger charge is -2.18. The fraction of sp³-hybridized carbons (Fsp3) is 0.364. The zero-order chi connectivity index (χ0) is 20.1. The molecule has 0 unspecified atom stereocenters. The molecule has 2 amide bonds. The molecule has 1 atom stereocenters. The average molecular weight is 382 g/mol. The fourth-order valence-electron chi connectivity index (χ4n) is 3.20. The van der Waals surface area contributed by atoms with Crippen LogP contribution in [0.2, 0.25) is 0 Å². The number of anilines is 2. The van der Waals surface area contributed by atoms with E-state index in [1.807, 2.05) is 63.2 Å². The number of nitrogens with zero attached hydrogens (tertiary/aromatic N) is 1. The summed E-state index contributed by atoms with van der Waals surface area (Å²) in [5, 5.41) is 2.90. The van der Waals surface area contributed by atoms with Gasteiger partial charge in [-0.3, -0.25) is 9.59 Å². The second kappa shape index (κ2) is 8.78. The number of rotatable bonds is 7. The standard InChI is InChI=1S/C22H26N2O4/c1-4-27-20-8-6-5-7-19(20)23-22(26)16-13-21(25)24(14-16)17-9-11-18(12-10-17)28-15(2)3/h5-12,15-16H,4,13-14H2,1-3H3,(H,23,26)/t16-/m0/s1. The first kappa shape index (κ1) is 19.7. The van der Waals surface area contributed by atoms with Crippen LogP contribution in [0.5, 0.6) is 11.5 Å². The number of carbonyl (C=O) groups excluding carboxylic acids is 2. The highest BCUT2D eigenvalue weighted by atomic mass is 16.5. The van der Waals surface area contributed by atoms with Crippen molar-refractivity contribution in [2.45, 2.75) is 33.3 Å². The predicted molar refractivity (Wildman–Crippen MR) is 109 cm³/mol. The monoisotopic (exact) mass is 382 g/mol. The zero-order valence-electron chi connectivity index (χ0n) is 16.5. The van der Waals surface area contributed by atoms with Crippen molar-refractivity contribution in [1.29, 1.82) is 0 Å². The van der Waals surface area contributed by atoms with Gasteiger partial charge in [0.25, 0.3) is 0 Å². The third kappa shape index (κ3) is 4.63. The van der Waals surface area contributed by atoms with E-state index in [2.05, 4.69) is 5.32 Å². The van der Waals surface area contributed by atoms with E-state index in [0.717, 1.165) is 11.4 Å². The van der Waals surface area contributed by atoms with E-state index in [4.69, 9.17) is 9.47 Å². The van der Waals surface area contributed by atoms with Crippen molar-refractivity contribution in [3.05, 3.63) is 48.5 Å². The van der Waals surface area contributed by atoms with Crippen LogP contribution in [0.15, 0.2) is 48.5 Å². The molecule has 6 nitrogen and oxygen atoms in total. The Bertz CT molecular complexity index is 833. The molecule has 148 valence electrons. The van der Waals surface area contributed by atoms with Gasteiger partial charge in [-0.2, -0.15) is 0 Å². The quantitative estimate of drug-likeness (QED) is 0.789. The molecular weight excluding hydrogens is 356 g/mol. The Kier molecular flexibility index (Phi) is 6.19. The average Bonchev–Trinajstić information content (AvgIpc) is 3.05. The maximum atomic E-state index is 12.7. The first-order valence-corrected chi connectivity index (χ1v) is 9.57. The third-order valence-corrected chi connectivity index (χ3v) is 4.46. The van der Waals surface area contributed by atoms with Gasteiger partial charge in [0.1, 0.15) is 11.5 Å². The molecule has 1 fully saturated rings. The van der Waals surface area contributed by atoms with Crippen LogP contribution in [0.3, 0.4) is 0 Å². The summed E-state index contributed by atoms with van der Waals surface area (Å²) >= 11 is 0. The summed E-state index contributed by atoms with van der Waals surface area (Å²) in [6.45, 7) is 6.68. The maximum Gasteiger partial charge on any atom is 0.229 e. The highest BCUT2D eigenvalue weighted by Gasteiger charge is 2.35. The van der Waals surface area contributed by atoms with Crippen LogP contribution in [-0.2, 0) is 9.59 Å². The largest absolute Gasteiger partial charge is 0.492 e. The second-order valence-corrected chi connectivity index (χ2v) is 6.98. The Labute approximate surface area is 165 Å². The first-order chi connectivity index (χ1) is 13.5. The first-order valence-electron chi connectivity index (χ1n) is 9.57. The van der Waals surface area contributed by atoms with Gasteiger partial charge in [-0.25, -0.2) is 0 Å². The number of nitrogens with one attached hydrogen (secondary N) is 1. The number of hydrogen-bond acceptors (Lipinski definition) is 4. The maximum absolute atomic E-state index is 12.7. The molecule has 3 rings (SSSR count). The van der Waals surface area contributed by atoms with E-state index in [1.54, 1.807) is 11.0 Å². The number of para-hydroxylation sites is 2. The van der Waals surface area contributed by atoms with Gasteiger partial charge >= 0.3 is 0 Å². The van der Waals surface area contributed by atoms with Gasteiger partial charge in [0.05, 0.1) is 24.3 Å². The summed E-state index contributed by atoms with van der Waals surface area (Å²) in [5.41, 5.74) is 1.39. The summed E-state index contributed by atoms with van der Waals surface area (Å²) < 4.78 is 11.2. The molecule has 0 aliphatic carbocycles. The van der Waals surface area contributed by atoms with Crippen molar-refractivity contribution in [1.82, 2.24) is 0 Å². The zero-order valence-corrected chi connectivity index (χ0v) is 16.5. The summed E-state index contributed by atoms with van der Waals surface area (Å²) in [7, 11) is 0. The van der Waals surface area contributed by atoms with Crippen molar-refractivity contribution < 1.29 is 19.1 Å². The number of ether oxygens (including phenoxy) is 2. The number of hydrogen-bond donors (Lipinski definition) is 1. The summed E-state index contributed by atoms with van der Waals surface area (Å²) in [4.78, 5) is 26.8. The lowest BCUT2D eigenvalue weighted by Crippen LogP contribution is -2.28. The fourth-order valence-corrected chi connectivity index (χ4v) is 3.20. The van der Waals surface area contributed by atoms with Crippen LogP contribution in [0.4, 0.5) is 11.4 Å². The summed E-state index contributed by atoms with van der Waals surface area (Å²) in [6, 6.07) is 14.7. The molecule has 1 N–H and O–H groups in total. The van der Waals surface area contributed by atoms with Gasteiger partial charge in [-0.1, -0.05) is 12.1 Å². The molecule has 2 aromatic carbocycles. The molecule has 0 spiro atoms. The van der Waals surface area contributed by atoms with Crippen molar-refractivity contribution in [3.63, 3.8) is 0 Å². The normalized spacial score (nSPS) is 16.4. The van der Waals surface area contributed by atoms with Crippen LogP contribution in [0, 0.1) is 5.92 Å². The van der Waals surface area contributed by atoms with Gasteiger partial charge < -0.3 is 19.7 Å². The Morgan fingerprint density at radius 1 is 1.18 bits per heavy atom. The third-order valence-electron chi connectivity index (χ3n) is 4.46. The topological polar surface area (TPSA) is 67.9 Å². The SMILES string of the molecule is CCOc1ccccc1NC(=O)[C@H]1CC(=O)N(c2ccc(OC(C)C)cc2)C1. The van der Waals surface area contributed by atoms with E-state index in [9.17, 15) is 9.59 Å². The number of carbonyl (C=O) groups is 2. The second-order valence-electron chi connectivity index (χ2n) is 6.98. The molecule has 1 aliphatic heterocycles. The van der Waals surface area contributed by atoms with Crippen LogP contribution < -0.4 is 19.7 Å². The molecule has 0 radical (unpaired) electrons. The smallest absolute Gasteiger partial charge is 0.229 e. The van der Waals surface area contributed by atoms with E-state index < -0.39 is 5.92 Å². The number of amides is 2.